The molecule has 1 unspecified atom stereocenters. The molecule has 76 valence electrons. The summed E-state index contributed by atoms with van der Waals surface area (Å²) >= 11 is 0. The Hall–Kier alpha value is -0.610. The van der Waals surface area contributed by atoms with Crippen LogP contribution in [0.2, 0.25) is 0 Å². The lowest BCUT2D eigenvalue weighted by Gasteiger charge is -2.46. The van der Waals surface area contributed by atoms with Crippen LogP contribution in [0.25, 0.3) is 0 Å². The minimum atomic E-state index is -0.650. The summed E-state index contributed by atoms with van der Waals surface area (Å²) in [4.78, 5) is 13.1. The van der Waals surface area contributed by atoms with Crippen LogP contribution in [0.15, 0.2) is 0 Å². The third kappa shape index (κ3) is 2.00. The van der Waals surface area contributed by atoms with Crippen molar-refractivity contribution in [2.75, 3.05) is 20.2 Å². The molecule has 1 aliphatic rings. The lowest BCUT2D eigenvalue weighted by atomic mass is 9.91. The van der Waals surface area contributed by atoms with Gasteiger partial charge in [-0.05, 0) is 13.3 Å². The molecule has 0 aromatic rings. The molecule has 0 bridgehead atoms. The van der Waals surface area contributed by atoms with Gasteiger partial charge in [0.2, 0.25) is 0 Å². The van der Waals surface area contributed by atoms with Crippen molar-refractivity contribution in [2.45, 2.75) is 32.0 Å². The van der Waals surface area contributed by atoms with E-state index in [-0.39, 0.29) is 5.91 Å². The Kier molecular flexibility index (Phi) is 2.93. The highest BCUT2D eigenvalue weighted by molar-refractivity contribution is 5.81. The molecular formula is C9H17NO3. The van der Waals surface area contributed by atoms with Gasteiger partial charge in [-0.1, -0.05) is 6.92 Å². The maximum Gasteiger partial charge on any atom is 0.251 e. The molecule has 13 heavy (non-hydrogen) atoms. The fraction of sp³-hybridized carbons (Fsp3) is 0.889. The van der Waals surface area contributed by atoms with E-state index in [9.17, 15) is 9.90 Å². The molecule has 0 saturated carbocycles. The summed E-state index contributed by atoms with van der Waals surface area (Å²) in [5, 5.41) is 9.66. The third-order valence-corrected chi connectivity index (χ3v) is 2.64. The number of ether oxygens (including phenoxy) is 1. The van der Waals surface area contributed by atoms with Crippen LogP contribution >= 0.6 is 0 Å². The summed E-state index contributed by atoms with van der Waals surface area (Å²) in [6.07, 6.45) is 0.291. The summed E-state index contributed by atoms with van der Waals surface area (Å²) in [5.74, 6) is -0.0411. The Balaban J connectivity index is 2.39. The van der Waals surface area contributed by atoms with Gasteiger partial charge in [0.1, 0.15) is 6.10 Å². The summed E-state index contributed by atoms with van der Waals surface area (Å²) in [6.45, 7) is 4.51. The predicted molar refractivity (Wildman–Crippen MR) is 48.3 cm³/mol. The van der Waals surface area contributed by atoms with E-state index in [4.69, 9.17) is 4.74 Å². The molecular weight excluding hydrogens is 170 g/mol. The molecule has 0 aliphatic carbocycles. The molecule has 1 fully saturated rings. The molecule has 1 atom stereocenters. The van der Waals surface area contributed by atoms with Crippen molar-refractivity contribution in [3.8, 4) is 0 Å². The molecule has 1 aliphatic heterocycles. The molecule has 4 nitrogen and oxygen atoms in total. The van der Waals surface area contributed by atoms with Crippen molar-refractivity contribution in [1.29, 1.82) is 0 Å². The second-order valence-corrected chi connectivity index (χ2v) is 3.65. The monoisotopic (exact) mass is 187 g/mol. The van der Waals surface area contributed by atoms with Crippen LogP contribution in [-0.2, 0) is 9.53 Å². The van der Waals surface area contributed by atoms with Crippen LogP contribution in [0.1, 0.15) is 20.3 Å². The molecule has 1 amide bonds. The summed E-state index contributed by atoms with van der Waals surface area (Å²) in [5.41, 5.74) is -0.650. The van der Waals surface area contributed by atoms with Crippen LogP contribution in [0.4, 0.5) is 0 Å². The van der Waals surface area contributed by atoms with Crippen molar-refractivity contribution in [2.24, 2.45) is 0 Å². The summed E-state index contributed by atoms with van der Waals surface area (Å²) < 4.78 is 4.90. The predicted octanol–water partition coefficient (Wildman–Crippen LogP) is 0.00460. The number of likely N-dealkylation sites (tertiary alicyclic amines) is 1. The zero-order chi connectivity index (χ0) is 10.1. The Morgan fingerprint density at radius 1 is 1.69 bits per heavy atom. The van der Waals surface area contributed by atoms with E-state index in [2.05, 4.69) is 0 Å². The Labute approximate surface area is 78.5 Å². The van der Waals surface area contributed by atoms with Crippen LogP contribution in [0.5, 0.6) is 0 Å². The summed E-state index contributed by atoms with van der Waals surface area (Å²) in [7, 11) is 1.51. The highest BCUT2D eigenvalue weighted by Gasteiger charge is 2.42. The molecule has 4 heteroatoms. The molecule has 0 aromatic carbocycles. The molecule has 1 rings (SSSR count). The number of nitrogens with zero attached hydrogens (tertiary/aromatic N) is 1. The van der Waals surface area contributed by atoms with E-state index in [0.717, 1.165) is 0 Å². The number of hydrogen-bond acceptors (Lipinski definition) is 3. The van der Waals surface area contributed by atoms with Gasteiger partial charge in [0.05, 0.1) is 18.7 Å². The molecule has 0 spiro atoms. The molecule has 1 saturated heterocycles. The van der Waals surface area contributed by atoms with E-state index < -0.39 is 11.7 Å². The van der Waals surface area contributed by atoms with Gasteiger partial charge in [-0.2, -0.15) is 0 Å². The lowest BCUT2D eigenvalue weighted by molar-refractivity contribution is -0.164. The van der Waals surface area contributed by atoms with E-state index in [0.29, 0.717) is 19.5 Å². The largest absolute Gasteiger partial charge is 0.386 e. The zero-order valence-electron chi connectivity index (χ0n) is 8.41. The highest BCUT2D eigenvalue weighted by atomic mass is 16.5. The van der Waals surface area contributed by atoms with Gasteiger partial charge < -0.3 is 14.7 Å². The first-order valence-electron chi connectivity index (χ1n) is 4.56. The van der Waals surface area contributed by atoms with Crippen molar-refractivity contribution in [3.05, 3.63) is 0 Å². The Morgan fingerprint density at radius 3 is 2.62 bits per heavy atom. The standard InChI is InChI=1S/C9H17NO3/c1-4-9(12)5-10(6-9)8(11)7(2)13-3/h7,12H,4-6H2,1-3H3. The zero-order valence-corrected chi connectivity index (χ0v) is 8.41. The number of carbonyl (C=O) groups is 1. The van der Waals surface area contributed by atoms with E-state index in [1.54, 1.807) is 11.8 Å². The van der Waals surface area contributed by atoms with Gasteiger partial charge in [0.25, 0.3) is 5.91 Å². The number of β-amino-alcohol motifs (C(OH)–C–C–N with tert-alkyl or cyclic N) is 1. The maximum atomic E-state index is 11.4. The number of methoxy groups -OCH3 is 1. The van der Waals surface area contributed by atoms with Gasteiger partial charge in [-0.15, -0.1) is 0 Å². The van der Waals surface area contributed by atoms with Gasteiger partial charge in [-0.3, -0.25) is 4.79 Å². The number of aliphatic hydroxyl groups is 1. The molecule has 1 N–H and O–H groups in total. The molecule has 0 radical (unpaired) electrons. The number of carbonyl (C=O) groups excluding carboxylic acids is 1. The Morgan fingerprint density at radius 2 is 2.23 bits per heavy atom. The fourth-order valence-electron chi connectivity index (χ4n) is 1.40. The molecule has 0 aromatic heterocycles. The third-order valence-electron chi connectivity index (χ3n) is 2.64. The van der Waals surface area contributed by atoms with Crippen molar-refractivity contribution < 1.29 is 14.6 Å². The first-order valence-corrected chi connectivity index (χ1v) is 4.56. The average Bonchev–Trinajstić information content (AvgIpc) is 2.10. The molecule has 1 heterocycles. The van der Waals surface area contributed by atoms with Gasteiger partial charge in [-0.25, -0.2) is 0 Å². The smallest absolute Gasteiger partial charge is 0.251 e. The van der Waals surface area contributed by atoms with Crippen molar-refractivity contribution in [3.63, 3.8) is 0 Å². The normalized spacial score (nSPS) is 22.3. The lowest BCUT2D eigenvalue weighted by Crippen LogP contribution is -2.64. The van der Waals surface area contributed by atoms with E-state index in [1.165, 1.54) is 7.11 Å². The second kappa shape index (κ2) is 3.64. The first-order chi connectivity index (χ1) is 6.02. The fourth-order valence-corrected chi connectivity index (χ4v) is 1.40. The van der Waals surface area contributed by atoms with Crippen molar-refractivity contribution in [1.82, 2.24) is 4.90 Å². The van der Waals surface area contributed by atoms with Crippen LogP contribution in [0.3, 0.4) is 0 Å². The average molecular weight is 187 g/mol. The summed E-state index contributed by atoms with van der Waals surface area (Å²) in [6, 6.07) is 0. The number of rotatable bonds is 3. The van der Waals surface area contributed by atoms with Crippen molar-refractivity contribution >= 4 is 5.91 Å². The van der Waals surface area contributed by atoms with E-state index in [1.807, 2.05) is 6.92 Å². The number of amides is 1. The topological polar surface area (TPSA) is 49.8 Å². The van der Waals surface area contributed by atoms with Crippen LogP contribution < -0.4 is 0 Å². The van der Waals surface area contributed by atoms with Crippen LogP contribution in [-0.4, -0.2) is 47.8 Å². The highest BCUT2D eigenvalue weighted by Crippen LogP contribution is 2.24. The van der Waals surface area contributed by atoms with E-state index >= 15 is 0 Å². The SMILES string of the molecule is CCC1(O)CN(C(=O)C(C)OC)C1. The first kappa shape index (κ1) is 10.5. The maximum absolute atomic E-state index is 11.4. The number of hydrogen-bond donors (Lipinski definition) is 1. The Bertz CT molecular complexity index is 199. The minimum absolute atomic E-state index is 0.0411. The van der Waals surface area contributed by atoms with Gasteiger partial charge in [0.15, 0.2) is 0 Å². The minimum Gasteiger partial charge on any atom is -0.386 e. The van der Waals surface area contributed by atoms with Crippen LogP contribution in [0, 0.1) is 0 Å². The van der Waals surface area contributed by atoms with Gasteiger partial charge in [0, 0.05) is 7.11 Å². The second-order valence-electron chi connectivity index (χ2n) is 3.65. The quantitative estimate of drug-likeness (QED) is 0.677. The van der Waals surface area contributed by atoms with Gasteiger partial charge >= 0.3 is 0 Å².